The largest absolute Gasteiger partial charge is 0.371 e. The molecule has 0 aromatic heterocycles. The maximum absolute atomic E-state index is 12.9. The van der Waals surface area contributed by atoms with Gasteiger partial charge in [0.05, 0.1) is 10.6 Å². The zero-order valence-corrected chi connectivity index (χ0v) is 18.8. The predicted molar refractivity (Wildman–Crippen MR) is 128 cm³/mol. The van der Waals surface area contributed by atoms with Crippen molar-refractivity contribution < 1.29 is 13.2 Å². The number of rotatable bonds is 7. The van der Waals surface area contributed by atoms with E-state index in [2.05, 4.69) is 22.3 Å². The minimum atomic E-state index is -3.70. The maximum Gasteiger partial charge on any atom is 0.264 e. The molecule has 4 rings (SSSR count). The number of amides is 1. The average molecular weight is 450 g/mol. The molecule has 166 valence electrons. The smallest absolute Gasteiger partial charge is 0.264 e. The van der Waals surface area contributed by atoms with Crippen LogP contribution < -0.4 is 14.5 Å². The van der Waals surface area contributed by atoms with E-state index in [-0.39, 0.29) is 10.8 Å². The first kappa shape index (κ1) is 21.9. The second-order valence-corrected chi connectivity index (χ2v) is 9.95. The highest BCUT2D eigenvalue weighted by molar-refractivity contribution is 7.92. The Balaban J connectivity index is 1.34. The number of para-hydroxylation sites is 2. The van der Waals surface area contributed by atoms with Crippen LogP contribution >= 0.6 is 0 Å². The number of hydrogen-bond donors (Lipinski definition) is 1. The SMILES string of the molecule is CN(c1ccccc1)S(=O)(=O)c1ccc(C(=O)NCC2CCN(c3ccccc3)C2)cc1. The van der Waals surface area contributed by atoms with Gasteiger partial charge in [-0.25, -0.2) is 8.42 Å². The molecule has 1 fully saturated rings. The van der Waals surface area contributed by atoms with Gasteiger partial charge < -0.3 is 10.2 Å². The van der Waals surface area contributed by atoms with Crippen molar-refractivity contribution in [2.75, 3.05) is 35.9 Å². The van der Waals surface area contributed by atoms with Crippen LogP contribution in [0.1, 0.15) is 16.8 Å². The van der Waals surface area contributed by atoms with Gasteiger partial charge in [0.2, 0.25) is 0 Å². The molecule has 7 heteroatoms. The van der Waals surface area contributed by atoms with Crippen molar-refractivity contribution >= 4 is 27.3 Å². The Morgan fingerprint density at radius 3 is 2.25 bits per heavy atom. The highest BCUT2D eigenvalue weighted by Crippen LogP contribution is 2.24. The summed E-state index contributed by atoms with van der Waals surface area (Å²) in [5, 5.41) is 2.99. The molecule has 1 saturated heterocycles. The second kappa shape index (κ2) is 9.44. The number of nitrogens with zero attached hydrogens (tertiary/aromatic N) is 2. The summed E-state index contributed by atoms with van der Waals surface area (Å²) < 4.78 is 27.0. The fourth-order valence-electron chi connectivity index (χ4n) is 3.92. The summed E-state index contributed by atoms with van der Waals surface area (Å²) in [4.78, 5) is 15.1. The number of sulfonamides is 1. The third-order valence-electron chi connectivity index (χ3n) is 5.85. The third kappa shape index (κ3) is 4.78. The molecule has 0 spiro atoms. The van der Waals surface area contributed by atoms with Crippen LogP contribution in [0.2, 0.25) is 0 Å². The number of anilines is 2. The van der Waals surface area contributed by atoms with Crippen LogP contribution in [0.4, 0.5) is 11.4 Å². The van der Waals surface area contributed by atoms with Gasteiger partial charge >= 0.3 is 0 Å². The minimum Gasteiger partial charge on any atom is -0.371 e. The molecule has 32 heavy (non-hydrogen) atoms. The fraction of sp³-hybridized carbons (Fsp3) is 0.240. The van der Waals surface area contributed by atoms with Crippen molar-refractivity contribution in [1.82, 2.24) is 5.32 Å². The van der Waals surface area contributed by atoms with Crippen LogP contribution in [0.3, 0.4) is 0 Å². The van der Waals surface area contributed by atoms with Gasteiger partial charge in [-0.3, -0.25) is 9.10 Å². The van der Waals surface area contributed by atoms with E-state index in [9.17, 15) is 13.2 Å². The summed E-state index contributed by atoms with van der Waals surface area (Å²) in [6.45, 7) is 2.48. The summed E-state index contributed by atoms with van der Waals surface area (Å²) in [7, 11) is -2.18. The van der Waals surface area contributed by atoms with Gasteiger partial charge in [-0.15, -0.1) is 0 Å². The molecular weight excluding hydrogens is 422 g/mol. The first-order chi connectivity index (χ1) is 15.4. The Morgan fingerprint density at radius 2 is 1.59 bits per heavy atom. The number of carbonyl (C=O) groups excluding carboxylic acids is 1. The van der Waals surface area contributed by atoms with Crippen LogP contribution in [0.15, 0.2) is 89.8 Å². The van der Waals surface area contributed by atoms with Crippen LogP contribution in [0, 0.1) is 5.92 Å². The number of carbonyl (C=O) groups is 1. The standard InChI is InChI=1S/C25H27N3O3S/c1-27(22-8-4-2-5-9-22)32(30,31)24-14-12-21(13-15-24)25(29)26-18-20-16-17-28(19-20)23-10-6-3-7-11-23/h2-15,20H,16-19H2,1H3,(H,26,29). The third-order valence-corrected chi connectivity index (χ3v) is 7.65. The van der Waals surface area contributed by atoms with Crippen LogP contribution in [-0.4, -0.2) is 41.0 Å². The zero-order chi connectivity index (χ0) is 22.6. The van der Waals surface area contributed by atoms with Crippen LogP contribution in [-0.2, 0) is 10.0 Å². The lowest BCUT2D eigenvalue weighted by molar-refractivity contribution is 0.0948. The molecule has 1 atom stereocenters. The molecule has 1 aliphatic rings. The van der Waals surface area contributed by atoms with Crippen molar-refractivity contribution in [2.45, 2.75) is 11.3 Å². The first-order valence-corrected chi connectivity index (χ1v) is 12.1. The monoisotopic (exact) mass is 449 g/mol. The predicted octanol–water partition coefficient (Wildman–Crippen LogP) is 3.77. The van der Waals surface area contributed by atoms with E-state index in [0.29, 0.717) is 23.7 Å². The summed E-state index contributed by atoms with van der Waals surface area (Å²) >= 11 is 0. The topological polar surface area (TPSA) is 69.7 Å². The van der Waals surface area contributed by atoms with Crippen molar-refractivity contribution in [1.29, 1.82) is 0 Å². The Kier molecular flexibility index (Phi) is 6.46. The molecular formula is C25H27N3O3S. The highest BCUT2D eigenvalue weighted by Gasteiger charge is 2.24. The fourth-order valence-corrected chi connectivity index (χ4v) is 5.12. The maximum atomic E-state index is 12.9. The normalized spacial score (nSPS) is 16.0. The summed E-state index contributed by atoms with van der Waals surface area (Å²) in [6, 6.07) is 25.3. The second-order valence-electron chi connectivity index (χ2n) is 7.98. The van der Waals surface area contributed by atoms with Gasteiger partial charge in [0.25, 0.3) is 15.9 Å². The van der Waals surface area contributed by atoms with E-state index >= 15 is 0 Å². The molecule has 0 aliphatic carbocycles. The molecule has 1 amide bonds. The molecule has 1 N–H and O–H groups in total. The van der Waals surface area contributed by atoms with Crippen LogP contribution in [0.25, 0.3) is 0 Å². The number of hydrogen-bond acceptors (Lipinski definition) is 4. The highest BCUT2D eigenvalue weighted by atomic mass is 32.2. The average Bonchev–Trinajstić information content (AvgIpc) is 3.32. The Morgan fingerprint density at radius 1 is 0.969 bits per heavy atom. The Bertz CT molecular complexity index is 1150. The molecule has 3 aromatic rings. The van der Waals surface area contributed by atoms with E-state index in [1.807, 2.05) is 24.3 Å². The van der Waals surface area contributed by atoms with Gasteiger partial charge in [-0.1, -0.05) is 36.4 Å². The van der Waals surface area contributed by atoms with E-state index in [1.54, 1.807) is 36.4 Å². The van der Waals surface area contributed by atoms with Crippen molar-refractivity contribution in [3.63, 3.8) is 0 Å². The van der Waals surface area contributed by atoms with E-state index in [1.165, 1.54) is 29.2 Å². The quantitative estimate of drug-likeness (QED) is 0.596. The molecule has 0 bridgehead atoms. The van der Waals surface area contributed by atoms with Gasteiger partial charge in [-0.05, 0) is 60.9 Å². The van der Waals surface area contributed by atoms with E-state index in [0.717, 1.165) is 19.5 Å². The lowest BCUT2D eigenvalue weighted by Gasteiger charge is -2.19. The molecule has 0 radical (unpaired) electrons. The molecule has 0 saturated carbocycles. The van der Waals surface area contributed by atoms with Crippen molar-refractivity contribution in [3.05, 3.63) is 90.5 Å². The summed E-state index contributed by atoms with van der Waals surface area (Å²) in [5.41, 5.74) is 2.23. The molecule has 1 unspecified atom stereocenters. The van der Waals surface area contributed by atoms with Crippen molar-refractivity contribution in [2.24, 2.45) is 5.92 Å². The molecule has 3 aromatic carbocycles. The van der Waals surface area contributed by atoms with Gasteiger partial charge in [0.15, 0.2) is 0 Å². The minimum absolute atomic E-state index is 0.148. The molecule has 1 aliphatic heterocycles. The number of nitrogens with one attached hydrogen (secondary N) is 1. The van der Waals surface area contributed by atoms with Crippen molar-refractivity contribution in [3.8, 4) is 0 Å². The summed E-state index contributed by atoms with van der Waals surface area (Å²) in [6.07, 6.45) is 1.03. The Labute approximate surface area is 189 Å². The Hall–Kier alpha value is -3.32. The zero-order valence-electron chi connectivity index (χ0n) is 18.0. The summed E-state index contributed by atoms with van der Waals surface area (Å²) in [5.74, 6) is 0.196. The molecule has 1 heterocycles. The van der Waals surface area contributed by atoms with Gasteiger partial charge in [0, 0.05) is 37.9 Å². The van der Waals surface area contributed by atoms with Crippen LogP contribution in [0.5, 0.6) is 0 Å². The van der Waals surface area contributed by atoms with Gasteiger partial charge in [0.1, 0.15) is 0 Å². The first-order valence-electron chi connectivity index (χ1n) is 10.7. The van der Waals surface area contributed by atoms with E-state index in [4.69, 9.17) is 0 Å². The lowest BCUT2D eigenvalue weighted by atomic mass is 10.1. The van der Waals surface area contributed by atoms with E-state index < -0.39 is 10.0 Å². The molecule has 6 nitrogen and oxygen atoms in total. The lowest BCUT2D eigenvalue weighted by Crippen LogP contribution is -2.31. The number of benzene rings is 3. The van der Waals surface area contributed by atoms with Gasteiger partial charge in [-0.2, -0.15) is 0 Å².